The number of nitrogens with zero attached hydrogens (tertiary/aromatic N) is 1. The number of amides is 1. The van der Waals surface area contributed by atoms with Gasteiger partial charge in [-0.25, -0.2) is 4.79 Å². The number of para-hydroxylation sites is 2. The first kappa shape index (κ1) is 13.4. The molecule has 1 heterocycles. The van der Waals surface area contributed by atoms with E-state index in [0.717, 1.165) is 0 Å². The summed E-state index contributed by atoms with van der Waals surface area (Å²) in [5.41, 5.74) is 1.09. The lowest BCUT2D eigenvalue weighted by molar-refractivity contribution is -0.124. The van der Waals surface area contributed by atoms with E-state index in [4.69, 9.17) is 9.15 Å². The lowest BCUT2D eigenvalue weighted by Crippen LogP contribution is -2.35. The van der Waals surface area contributed by atoms with Gasteiger partial charge < -0.3 is 14.5 Å². The summed E-state index contributed by atoms with van der Waals surface area (Å²) in [6, 6.07) is 6.39. The lowest BCUT2D eigenvalue weighted by atomic mass is 10.2. The van der Waals surface area contributed by atoms with E-state index in [1.165, 1.54) is 4.57 Å². The molecule has 6 heteroatoms. The number of hydrogen-bond donors (Lipinski definition) is 1. The molecule has 0 bridgehead atoms. The monoisotopic (exact) mass is 264 g/mol. The van der Waals surface area contributed by atoms with Gasteiger partial charge in [-0.2, -0.15) is 0 Å². The van der Waals surface area contributed by atoms with Gasteiger partial charge >= 0.3 is 5.76 Å². The lowest BCUT2D eigenvalue weighted by Gasteiger charge is -2.12. The van der Waals surface area contributed by atoms with Crippen LogP contribution in [-0.4, -0.2) is 30.7 Å². The molecule has 0 aliphatic heterocycles. The van der Waals surface area contributed by atoms with Crippen LogP contribution in [0.2, 0.25) is 0 Å². The summed E-state index contributed by atoms with van der Waals surface area (Å²) in [7, 11) is 1.56. The minimum absolute atomic E-state index is 0.245. The molecule has 0 radical (unpaired) electrons. The van der Waals surface area contributed by atoms with Crippen LogP contribution in [-0.2, 0) is 9.53 Å². The van der Waals surface area contributed by atoms with Crippen LogP contribution >= 0.6 is 0 Å². The maximum absolute atomic E-state index is 11.9. The summed E-state index contributed by atoms with van der Waals surface area (Å²) in [6.07, 6.45) is 0. The van der Waals surface area contributed by atoms with Crippen molar-refractivity contribution in [1.29, 1.82) is 0 Å². The van der Waals surface area contributed by atoms with Crippen molar-refractivity contribution in [2.24, 2.45) is 0 Å². The number of fused-ring (bicyclic) bond motifs is 1. The zero-order chi connectivity index (χ0) is 13.8. The Morgan fingerprint density at radius 3 is 2.95 bits per heavy atom. The number of carbonyl (C=O) groups excluding carboxylic acids is 1. The molecule has 2 rings (SSSR count). The van der Waals surface area contributed by atoms with Crippen LogP contribution in [0.4, 0.5) is 0 Å². The van der Waals surface area contributed by atoms with Gasteiger partial charge in [0.15, 0.2) is 5.58 Å². The molecule has 0 saturated carbocycles. The maximum Gasteiger partial charge on any atom is 0.420 e. The number of benzene rings is 1. The number of aromatic nitrogens is 1. The van der Waals surface area contributed by atoms with Gasteiger partial charge in [0, 0.05) is 13.7 Å². The van der Waals surface area contributed by atoms with Crippen LogP contribution in [0.1, 0.15) is 13.0 Å². The molecule has 1 amide bonds. The SMILES string of the molecule is COCCNC(=O)C(C)n1c(=O)oc2ccccc21. The number of carbonyl (C=O) groups is 1. The van der Waals surface area contributed by atoms with Gasteiger partial charge in [0.25, 0.3) is 0 Å². The predicted molar refractivity (Wildman–Crippen MR) is 70.1 cm³/mol. The third-order valence-corrected chi connectivity index (χ3v) is 2.89. The molecule has 0 aliphatic carbocycles. The van der Waals surface area contributed by atoms with Gasteiger partial charge in [-0.05, 0) is 19.1 Å². The Morgan fingerprint density at radius 1 is 1.47 bits per heavy atom. The first-order valence-electron chi connectivity index (χ1n) is 6.02. The van der Waals surface area contributed by atoms with E-state index < -0.39 is 11.8 Å². The fourth-order valence-corrected chi connectivity index (χ4v) is 1.89. The molecule has 1 aromatic heterocycles. The van der Waals surface area contributed by atoms with Crippen LogP contribution < -0.4 is 11.1 Å². The summed E-state index contributed by atoms with van der Waals surface area (Å²) in [4.78, 5) is 23.8. The van der Waals surface area contributed by atoms with E-state index in [1.54, 1.807) is 38.3 Å². The van der Waals surface area contributed by atoms with Crippen molar-refractivity contribution >= 4 is 17.0 Å². The molecule has 1 atom stereocenters. The van der Waals surface area contributed by atoms with E-state index in [2.05, 4.69) is 5.32 Å². The Labute approximate surface area is 110 Å². The van der Waals surface area contributed by atoms with Crippen LogP contribution in [0.25, 0.3) is 11.1 Å². The van der Waals surface area contributed by atoms with Crippen molar-refractivity contribution in [2.75, 3.05) is 20.3 Å². The molecular weight excluding hydrogens is 248 g/mol. The highest BCUT2D eigenvalue weighted by atomic mass is 16.5. The fraction of sp³-hybridized carbons (Fsp3) is 0.385. The van der Waals surface area contributed by atoms with Crippen molar-refractivity contribution in [3.8, 4) is 0 Å². The molecule has 1 unspecified atom stereocenters. The second-order valence-electron chi connectivity index (χ2n) is 4.17. The average molecular weight is 264 g/mol. The topological polar surface area (TPSA) is 73.5 Å². The van der Waals surface area contributed by atoms with Crippen molar-refractivity contribution < 1.29 is 13.9 Å². The average Bonchev–Trinajstić information content (AvgIpc) is 2.74. The summed E-state index contributed by atoms with van der Waals surface area (Å²) < 4.78 is 11.3. The first-order valence-corrected chi connectivity index (χ1v) is 6.02. The smallest absolute Gasteiger partial charge is 0.408 e. The standard InChI is InChI=1S/C13H16N2O4/c1-9(12(16)14-7-8-18-2)15-10-5-3-4-6-11(10)19-13(15)17/h3-6,9H,7-8H2,1-2H3,(H,14,16). The molecule has 1 N–H and O–H groups in total. The van der Waals surface area contributed by atoms with Crippen molar-refractivity contribution in [3.05, 3.63) is 34.8 Å². The predicted octanol–water partition coefficient (Wildman–Crippen LogP) is 0.918. The van der Waals surface area contributed by atoms with E-state index in [0.29, 0.717) is 24.3 Å². The molecule has 19 heavy (non-hydrogen) atoms. The fourth-order valence-electron chi connectivity index (χ4n) is 1.89. The van der Waals surface area contributed by atoms with Crippen molar-refractivity contribution in [3.63, 3.8) is 0 Å². The molecule has 0 fully saturated rings. The Bertz CT molecular complexity index is 629. The van der Waals surface area contributed by atoms with E-state index in [9.17, 15) is 9.59 Å². The van der Waals surface area contributed by atoms with Gasteiger partial charge in [0.1, 0.15) is 6.04 Å². The van der Waals surface area contributed by atoms with Crippen LogP contribution in [0.5, 0.6) is 0 Å². The minimum Gasteiger partial charge on any atom is -0.408 e. The highest BCUT2D eigenvalue weighted by molar-refractivity contribution is 5.82. The second kappa shape index (κ2) is 5.71. The van der Waals surface area contributed by atoms with E-state index >= 15 is 0 Å². The van der Waals surface area contributed by atoms with Crippen molar-refractivity contribution in [1.82, 2.24) is 9.88 Å². The number of hydrogen-bond acceptors (Lipinski definition) is 4. The Kier molecular flexibility index (Phi) is 4.01. The molecule has 102 valence electrons. The Hall–Kier alpha value is -2.08. The molecule has 1 aromatic carbocycles. The van der Waals surface area contributed by atoms with E-state index in [1.807, 2.05) is 0 Å². The third-order valence-electron chi connectivity index (χ3n) is 2.89. The summed E-state index contributed by atoms with van der Waals surface area (Å²) >= 11 is 0. The number of rotatable bonds is 5. The van der Waals surface area contributed by atoms with Crippen molar-refractivity contribution in [2.45, 2.75) is 13.0 Å². The largest absolute Gasteiger partial charge is 0.420 e. The summed E-state index contributed by atoms with van der Waals surface area (Å²) in [6.45, 7) is 2.50. The molecule has 0 saturated heterocycles. The van der Waals surface area contributed by atoms with Crippen LogP contribution in [0, 0.1) is 0 Å². The number of oxazole rings is 1. The summed E-state index contributed by atoms with van der Waals surface area (Å²) in [5, 5.41) is 2.70. The van der Waals surface area contributed by atoms with Crippen LogP contribution in [0.15, 0.2) is 33.5 Å². The van der Waals surface area contributed by atoms with Gasteiger partial charge in [-0.3, -0.25) is 9.36 Å². The number of nitrogens with one attached hydrogen (secondary N) is 1. The Morgan fingerprint density at radius 2 is 2.21 bits per heavy atom. The quantitative estimate of drug-likeness (QED) is 0.815. The maximum atomic E-state index is 11.9. The molecule has 2 aromatic rings. The minimum atomic E-state index is -0.631. The number of ether oxygens (including phenoxy) is 1. The van der Waals surface area contributed by atoms with Crippen LogP contribution in [0.3, 0.4) is 0 Å². The van der Waals surface area contributed by atoms with E-state index in [-0.39, 0.29) is 5.91 Å². The summed E-state index contributed by atoms with van der Waals surface area (Å²) in [5.74, 6) is -0.777. The van der Waals surface area contributed by atoms with Gasteiger partial charge in [0.2, 0.25) is 5.91 Å². The van der Waals surface area contributed by atoms with Gasteiger partial charge in [-0.1, -0.05) is 12.1 Å². The highest BCUT2D eigenvalue weighted by Gasteiger charge is 2.20. The molecule has 0 spiro atoms. The highest BCUT2D eigenvalue weighted by Crippen LogP contribution is 2.16. The Balaban J connectivity index is 2.26. The van der Waals surface area contributed by atoms with Gasteiger partial charge in [0.05, 0.1) is 12.1 Å². The molecule has 6 nitrogen and oxygen atoms in total. The number of methoxy groups -OCH3 is 1. The second-order valence-corrected chi connectivity index (χ2v) is 4.17. The first-order chi connectivity index (χ1) is 9.15. The zero-order valence-corrected chi connectivity index (χ0v) is 10.9. The third kappa shape index (κ3) is 2.68. The van der Waals surface area contributed by atoms with Gasteiger partial charge in [-0.15, -0.1) is 0 Å². The molecule has 0 aliphatic rings. The molecular formula is C13H16N2O4. The zero-order valence-electron chi connectivity index (χ0n) is 10.9. The normalized spacial score (nSPS) is 12.5.